The summed E-state index contributed by atoms with van der Waals surface area (Å²) >= 11 is 0. The second-order valence-electron chi connectivity index (χ2n) is 9.47. The van der Waals surface area contributed by atoms with Gasteiger partial charge in [0.15, 0.2) is 0 Å². The highest BCUT2D eigenvalue weighted by molar-refractivity contribution is 5.78. The standard InChI is InChI=1S/C25H34FN5O3/c1-18-14-19(2)31(27-18)17-25(33)30-9-8-23(34-22-6-4-21(26)5-7-22)20(16-30)15-24(32)29-12-10-28(3)11-13-29/h4-7,14,20,23H,8-13,15-17H2,1-3H3/t20-,23-/m0/s1. The van der Waals surface area contributed by atoms with Gasteiger partial charge in [0.2, 0.25) is 11.8 Å². The Bertz CT molecular complexity index is 1000. The van der Waals surface area contributed by atoms with E-state index in [-0.39, 0.29) is 36.2 Å². The summed E-state index contributed by atoms with van der Waals surface area (Å²) in [6, 6.07) is 7.90. The van der Waals surface area contributed by atoms with Gasteiger partial charge in [-0.3, -0.25) is 14.3 Å². The molecule has 1 aromatic heterocycles. The minimum Gasteiger partial charge on any atom is -0.490 e. The lowest BCUT2D eigenvalue weighted by Crippen LogP contribution is -2.52. The van der Waals surface area contributed by atoms with Crippen LogP contribution in [0.5, 0.6) is 5.75 Å². The molecule has 2 saturated heterocycles. The van der Waals surface area contributed by atoms with Crippen LogP contribution in [0.4, 0.5) is 4.39 Å². The quantitative estimate of drug-likeness (QED) is 0.645. The number of aromatic nitrogens is 2. The van der Waals surface area contributed by atoms with Crippen molar-refractivity contribution in [1.29, 1.82) is 0 Å². The second kappa shape index (κ2) is 10.5. The first-order chi connectivity index (χ1) is 16.3. The molecule has 2 aromatic rings. The molecule has 2 fully saturated rings. The number of amides is 2. The predicted octanol–water partition coefficient (Wildman–Crippen LogP) is 2.10. The number of hydrogen-bond acceptors (Lipinski definition) is 5. The smallest absolute Gasteiger partial charge is 0.244 e. The molecule has 0 aliphatic carbocycles. The van der Waals surface area contributed by atoms with Crippen LogP contribution in [-0.2, 0) is 16.1 Å². The first-order valence-corrected chi connectivity index (χ1v) is 12.0. The van der Waals surface area contributed by atoms with Crippen LogP contribution in [0.15, 0.2) is 30.3 Å². The zero-order valence-electron chi connectivity index (χ0n) is 20.2. The lowest BCUT2D eigenvalue weighted by atomic mass is 9.90. The number of halogens is 1. The molecule has 0 bridgehead atoms. The van der Waals surface area contributed by atoms with Gasteiger partial charge in [0.1, 0.15) is 24.2 Å². The van der Waals surface area contributed by atoms with Crippen molar-refractivity contribution < 1.29 is 18.7 Å². The number of benzene rings is 1. The molecular weight excluding hydrogens is 437 g/mol. The van der Waals surface area contributed by atoms with Gasteiger partial charge in [0.05, 0.1) is 5.69 Å². The van der Waals surface area contributed by atoms with Gasteiger partial charge in [0, 0.05) is 63.7 Å². The largest absolute Gasteiger partial charge is 0.490 e. The Hall–Kier alpha value is -2.94. The van der Waals surface area contributed by atoms with Crippen LogP contribution in [0.2, 0.25) is 0 Å². The Morgan fingerprint density at radius 3 is 2.38 bits per heavy atom. The van der Waals surface area contributed by atoms with Crippen LogP contribution < -0.4 is 4.74 Å². The van der Waals surface area contributed by atoms with Gasteiger partial charge in [0.25, 0.3) is 0 Å². The zero-order chi connectivity index (χ0) is 24.2. The van der Waals surface area contributed by atoms with E-state index in [0.717, 1.165) is 24.5 Å². The summed E-state index contributed by atoms with van der Waals surface area (Å²) in [5, 5.41) is 4.41. The first-order valence-electron chi connectivity index (χ1n) is 12.0. The Kier molecular flexibility index (Phi) is 7.50. The molecule has 0 N–H and O–H groups in total. The van der Waals surface area contributed by atoms with Crippen LogP contribution in [0.1, 0.15) is 24.2 Å². The van der Waals surface area contributed by atoms with Crippen LogP contribution in [0, 0.1) is 25.6 Å². The number of carbonyl (C=O) groups is 2. The van der Waals surface area contributed by atoms with Crippen LogP contribution >= 0.6 is 0 Å². The minimum absolute atomic E-state index is 0.0107. The highest BCUT2D eigenvalue weighted by Crippen LogP contribution is 2.27. The average molecular weight is 472 g/mol. The molecule has 0 spiro atoms. The molecule has 0 saturated carbocycles. The molecule has 0 radical (unpaired) electrons. The third-order valence-corrected chi connectivity index (χ3v) is 6.80. The maximum absolute atomic E-state index is 13.3. The van der Waals surface area contributed by atoms with E-state index in [0.29, 0.717) is 44.8 Å². The van der Waals surface area contributed by atoms with Crippen molar-refractivity contribution in [1.82, 2.24) is 24.5 Å². The number of piperazine rings is 1. The van der Waals surface area contributed by atoms with Crippen molar-refractivity contribution in [3.8, 4) is 5.75 Å². The lowest BCUT2D eigenvalue weighted by molar-refractivity contribution is -0.140. The maximum atomic E-state index is 13.3. The summed E-state index contributed by atoms with van der Waals surface area (Å²) in [7, 11) is 2.06. The maximum Gasteiger partial charge on any atom is 0.244 e. The van der Waals surface area contributed by atoms with Crippen molar-refractivity contribution in [3.63, 3.8) is 0 Å². The third kappa shape index (κ3) is 5.94. The molecule has 8 nitrogen and oxygen atoms in total. The van der Waals surface area contributed by atoms with E-state index < -0.39 is 0 Å². The van der Waals surface area contributed by atoms with Crippen molar-refractivity contribution in [3.05, 3.63) is 47.5 Å². The van der Waals surface area contributed by atoms with Crippen LogP contribution in [-0.4, -0.2) is 88.7 Å². The molecule has 2 aliphatic heterocycles. The highest BCUT2D eigenvalue weighted by atomic mass is 19.1. The topological polar surface area (TPSA) is 70.9 Å². The zero-order valence-corrected chi connectivity index (χ0v) is 20.2. The number of aryl methyl sites for hydroxylation is 2. The monoisotopic (exact) mass is 471 g/mol. The van der Waals surface area contributed by atoms with Crippen molar-refractivity contribution >= 4 is 11.8 Å². The summed E-state index contributed by atoms with van der Waals surface area (Å²) < 4.78 is 21.3. The number of hydrogen-bond donors (Lipinski definition) is 0. The number of rotatable bonds is 6. The van der Waals surface area contributed by atoms with E-state index >= 15 is 0 Å². The fraction of sp³-hybridized carbons (Fsp3) is 0.560. The van der Waals surface area contributed by atoms with E-state index in [9.17, 15) is 14.0 Å². The van der Waals surface area contributed by atoms with Gasteiger partial charge in [-0.15, -0.1) is 0 Å². The average Bonchev–Trinajstić information content (AvgIpc) is 3.13. The molecular formula is C25H34FN5O3. The molecule has 1 aromatic carbocycles. The second-order valence-corrected chi connectivity index (χ2v) is 9.47. The van der Waals surface area contributed by atoms with E-state index in [1.165, 1.54) is 12.1 Å². The summed E-state index contributed by atoms with van der Waals surface area (Å²) in [6.45, 7) is 8.17. The fourth-order valence-corrected chi connectivity index (χ4v) is 4.75. The number of likely N-dealkylation sites (N-methyl/N-ethyl adjacent to an activating group) is 1. The summed E-state index contributed by atoms with van der Waals surface area (Å²) in [6.07, 6.45) is 0.708. The van der Waals surface area contributed by atoms with Crippen molar-refractivity contribution in [2.75, 3.05) is 46.3 Å². The summed E-state index contributed by atoms with van der Waals surface area (Å²) in [4.78, 5) is 32.1. The number of ether oxygens (including phenoxy) is 1. The van der Waals surface area contributed by atoms with Crippen LogP contribution in [0.3, 0.4) is 0 Å². The first kappa shape index (κ1) is 24.2. The highest BCUT2D eigenvalue weighted by Gasteiger charge is 2.36. The number of nitrogens with zero attached hydrogens (tertiary/aromatic N) is 5. The van der Waals surface area contributed by atoms with Crippen molar-refractivity contribution in [2.24, 2.45) is 5.92 Å². The Morgan fingerprint density at radius 1 is 1.03 bits per heavy atom. The minimum atomic E-state index is -0.321. The van der Waals surface area contributed by atoms with Gasteiger partial charge >= 0.3 is 0 Å². The third-order valence-electron chi connectivity index (χ3n) is 6.80. The van der Waals surface area contributed by atoms with E-state index in [2.05, 4.69) is 17.0 Å². The normalized spacial score (nSPS) is 21.5. The number of likely N-dealkylation sites (tertiary alicyclic amines) is 1. The van der Waals surface area contributed by atoms with E-state index in [1.54, 1.807) is 16.8 Å². The molecule has 9 heteroatoms. The molecule has 34 heavy (non-hydrogen) atoms. The molecule has 184 valence electrons. The Morgan fingerprint density at radius 2 is 1.74 bits per heavy atom. The Labute approximate surface area is 200 Å². The van der Waals surface area contributed by atoms with Gasteiger partial charge in [-0.1, -0.05) is 0 Å². The van der Waals surface area contributed by atoms with E-state index in [4.69, 9.17) is 4.74 Å². The lowest BCUT2D eigenvalue weighted by Gasteiger charge is -2.40. The van der Waals surface area contributed by atoms with Gasteiger partial charge in [-0.2, -0.15) is 5.10 Å². The van der Waals surface area contributed by atoms with Gasteiger partial charge < -0.3 is 19.4 Å². The van der Waals surface area contributed by atoms with Gasteiger partial charge in [-0.25, -0.2) is 4.39 Å². The molecule has 4 rings (SSSR count). The summed E-state index contributed by atoms with van der Waals surface area (Å²) in [5.74, 6) is 0.196. The molecule has 2 atom stereocenters. The fourth-order valence-electron chi connectivity index (χ4n) is 4.75. The van der Waals surface area contributed by atoms with Gasteiger partial charge in [-0.05, 0) is 51.2 Å². The molecule has 0 unspecified atom stereocenters. The van der Waals surface area contributed by atoms with Crippen molar-refractivity contribution in [2.45, 2.75) is 39.3 Å². The van der Waals surface area contributed by atoms with Crippen LogP contribution in [0.25, 0.3) is 0 Å². The molecule has 2 aliphatic rings. The SMILES string of the molecule is Cc1cc(C)n(CC(=O)N2CC[C@H](Oc3ccc(F)cc3)[C@@H](CC(=O)N3CCN(C)CC3)C2)n1. The molecule has 2 amide bonds. The number of piperidine rings is 1. The van der Waals surface area contributed by atoms with E-state index in [1.807, 2.05) is 29.7 Å². The molecule has 3 heterocycles. The Balaban J connectivity index is 1.45. The number of carbonyl (C=O) groups excluding carboxylic acids is 2. The summed E-state index contributed by atoms with van der Waals surface area (Å²) in [5.41, 5.74) is 1.83. The predicted molar refractivity (Wildman–Crippen MR) is 126 cm³/mol.